The van der Waals surface area contributed by atoms with Crippen molar-refractivity contribution in [1.29, 1.82) is 0 Å². The van der Waals surface area contributed by atoms with Gasteiger partial charge >= 0.3 is 0 Å². The molecule has 0 spiro atoms. The molecule has 0 aliphatic heterocycles. The van der Waals surface area contributed by atoms with E-state index in [2.05, 4.69) is 39.8 Å². The van der Waals surface area contributed by atoms with E-state index in [0.717, 1.165) is 21.1 Å². The van der Waals surface area contributed by atoms with Crippen LogP contribution < -0.4 is 0 Å². The molecule has 0 N–H and O–H groups in total. The minimum absolute atomic E-state index is 0.872. The SMILES string of the molecule is CCn1nnc2c(I)cccc21. The molecule has 0 unspecified atom stereocenters. The van der Waals surface area contributed by atoms with Crippen LogP contribution in [0.2, 0.25) is 0 Å². The minimum atomic E-state index is 0.872. The highest BCUT2D eigenvalue weighted by molar-refractivity contribution is 14.1. The summed E-state index contributed by atoms with van der Waals surface area (Å²) in [5.74, 6) is 0. The average Bonchev–Trinajstić information content (AvgIpc) is 2.49. The third kappa shape index (κ3) is 1.10. The molecule has 0 aliphatic rings. The van der Waals surface area contributed by atoms with Crippen molar-refractivity contribution < 1.29 is 0 Å². The number of benzene rings is 1. The number of nitrogens with zero attached hydrogens (tertiary/aromatic N) is 3. The van der Waals surface area contributed by atoms with Crippen molar-refractivity contribution in [2.45, 2.75) is 13.5 Å². The van der Waals surface area contributed by atoms with Crippen molar-refractivity contribution in [3.05, 3.63) is 21.8 Å². The molecule has 0 fully saturated rings. The van der Waals surface area contributed by atoms with Gasteiger partial charge in [-0.2, -0.15) is 0 Å². The van der Waals surface area contributed by atoms with Crippen LogP contribution in [0.3, 0.4) is 0 Å². The molecular weight excluding hydrogens is 265 g/mol. The number of fused-ring (bicyclic) bond motifs is 1. The number of aromatic nitrogens is 3. The molecule has 1 aromatic carbocycles. The number of rotatable bonds is 1. The second kappa shape index (κ2) is 3.01. The molecule has 0 atom stereocenters. The molecule has 4 heteroatoms. The Labute approximate surface area is 83.9 Å². The summed E-state index contributed by atoms with van der Waals surface area (Å²) in [4.78, 5) is 0. The quantitative estimate of drug-likeness (QED) is 0.744. The maximum atomic E-state index is 4.09. The van der Waals surface area contributed by atoms with Gasteiger partial charge in [-0.1, -0.05) is 11.3 Å². The van der Waals surface area contributed by atoms with Crippen LogP contribution in [0, 0.1) is 3.57 Å². The van der Waals surface area contributed by atoms with Crippen molar-refractivity contribution in [1.82, 2.24) is 15.0 Å². The van der Waals surface area contributed by atoms with Crippen LogP contribution in [0.4, 0.5) is 0 Å². The topological polar surface area (TPSA) is 30.7 Å². The predicted octanol–water partition coefficient (Wildman–Crippen LogP) is 2.06. The summed E-state index contributed by atoms with van der Waals surface area (Å²) in [7, 11) is 0. The average molecular weight is 273 g/mol. The first-order valence-electron chi connectivity index (χ1n) is 3.80. The molecule has 2 rings (SSSR count). The molecular formula is C8H8IN3. The monoisotopic (exact) mass is 273 g/mol. The van der Waals surface area contributed by atoms with Crippen molar-refractivity contribution in [2.24, 2.45) is 0 Å². The van der Waals surface area contributed by atoms with Crippen LogP contribution in [0.1, 0.15) is 6.92 Å². The summed E-state index contributed by atoms with van der Waals surface area (Å²) >= 11 is 2.27. The van der Waals surface area contributed by atoms with Gasteiger partial charge in [0.15, 0.2) is 0 Å². The van der Waals surface area contributed by atoms with Crippen molar-refractivity contribution in [2.75, 3.05) is 0 Å². The molecule has 0 saturated carbocycles. The second-order valence-corrected chi connectivity index (χ2v) is 3.67. The zero-order valence-corrected chi connectivity index (χ0v) is 8.82. The van der Waals surface area contributed by atoms with Gasteiger partial charge in [-0.3, -0.25) is 0 Å². The number of hydrogen-bond acceptors (Lipinski definition) is 2. The lowest BCUT2D eigenvalue weighted by molar-refractivity contribution is 0.646. The predicted molar refractivity (Wildman–Crippen MR) is 55.9 cm³/mol. The van der Waals surface area contributed by atoms with E-state index < -0.39 is 0 Å². The van der Waals surface area contributed by atoms with Crippen molar-refractivity contribution in [3.63, 3.8) is 0 Å². The van der Waals surface area contributed by atoms with Crippen LogP contribution in [0.5, 0.6) is 0 Å². The van der Waals surface area contributed by atoms with Gasteiger partial charge in [0.1, 0.15) is 5.52 Å². The summed E-state index contributed by atoms with van der Waals surface area (Å²) < 4.78 is 3.06. The van der Waals surface area contributed by atoms with Gasteiger partial charge < -0.3 is 0 Å². The third-order valence-corrected chi connectivity index (χ3v) is 2.67. The number of hydrogen-bond donors (Lipinski definition) is 0. The van der Waals surface area contributed by atoms with Gasteiger partial charge in [0.05, 0.1) is 5.52 Å². The molecule has 62 valence electrons. The lowest BCUT2D eigenvalue weighted by Gasteiger charge is -1.95. The summed E-state index contributed by atoms with van der Waals surface area (Å²) in [5, 5.41) is 8.13. The van der Waals surface area contributed by atoms with Crippen LogP contribution in [0.15, 0.2) is 18.2 Å². The Morgan fingerprint density at radius 1 is 1.50 bits per heavy atom. The molecule has 0 bridgehead atoms. The largest absolute Gasteiger partial charge is 0.245 e. The molecule has 1 aromatic heterocycles. The molecule has 12 heavy (non-hydrogen) atoms. The van der Waals surface area contributed by atoms with Gasteiger partial charge in [-0.15, -0.1) is 5.10 Å². The van der Waals surface area contributed by atoms with E-state index in [-0.39, 0.29) is 0 Å². The minimum Gasteiger partial charge on any atom is -0.245 e. The Hall–Kier alpha value is -0.650. The third-order valence-electron chi connectivity index (χ3n) is 1.80. The molecule has 0 saturated heterocycles. The Morgan fingerprint density at radius 3 is 3.08 bits per heavy atom. The van der Waals surface area contributed by atoms with E-state index in [1.165, 1.54) is 0 Å². The first-order valence-corrected chi connectivity index (χ1v) is 4.88. The summed E-state index contributed by atoms with van der Waals surface area (Å²) in [6.07, 6.45) is 0. The zero-order chi connectivity index (χ0) is 8.55. The molecule has 0 radical (unpaired) electrons. The highest BCUT2D eigenvalue weighted by Crippen LogP contribution is 2.17. The fourth-order valence-corrected chi connectivity index (χ4v) is 1.78. The van der Waals surface area contributed by atoms with Crippen LogP contribution in [-0.2, 0) is 6.54 Å². The standard InChI is InChI=1S/C8H8IN3/c1-2-12-7-5-3-4-6(9)8(7)10-11-12/h3-5H,2H2,1H3. The number of aryl methyl sites for hydroxylation is 1. The van der Waals surface area contributed by atoms with Crippen LogP contribution in [-0.4, -0.2) is 15.0 Å². The molecule has 2 aromatic rings. The fourth-order valence-electron chi connectivity index (χ4n) is 1.19. The molecule has 3 nitrogen and oxygen atoms in total. The van der Waals surface area contributed by atoms with Crippen LogP contribution in [0.25, 0.3) is 11.0 Å². The number of halogens is 1. The molecule has 0 amide bonds. The summed E-state index contributed by atoms with van der Waals surface area (Å²) in [6.45, 7) is 2.94. The zero-order valence-electron chi connectivity index (χ0n) is 6.66. The van der Waals surface area contributed by atoms with Gasteiger partial charge in [0.25, 0.3) is 0 Å². The molecule has 0 aliphatic carbocycles. The van der Waals surface area contributed by atoms with Gasteiger partial charge in [-0.25, -0.2) is 4.68 Å². The Balaban J connectivity index is 2.80. The van der Waals surface area contributed by atoms with Gasteiger partial charge in [0, 0.05) is 10.1 Å². The van der Waals surface area contributed by atoms with E-state index in [1.807, 2.05) is 22.9 Å². The van der Waals surface area contributed by atoms with E-state index in [9.17, 15) is 0 Å². The van der Waals surface area contributed by atoms with Crippen LogP contribution >= 0.6 is 22.6 Å². The van der Waals surface area contributed by atoms with E-state index >= 15 is 0 Å². The van der Waals surface area contributed by atoms with E-state index in [1.54, 1.807) is 0 Å². The first-order chi connectivity index (χ1) is 5.83. The maximum Gasteiger partial charge on any atom is 0.126 e. The summed E-state index contributed by atoms with van der Waals surface area (Å²) in [6, 6.07) is 6.11. The van der Waals surface area contributed by atoms with Gasteiger partial charge in [0.2, 0.25) is 0 Å². The van der Waals surface area contributed by atoms with Gasteiger partial charge in [-0.05, 0) is 41.6 Å². The fraction of sp³-hybridized carbons (Fsp3) is 0.250. The van der Waals surface area contributed by atoms with E-state index in [0.29, 0.717) is 0 Å². The highest BCUT2D eigenvalue weighted by atomic mass is 127. The Kier molecular flexibility index (Phi) is 2.00. The Morgan fingerprint density at radius 2 is 2.33 bits per heavy atom. The smallest absolute Gasteiger partial charge is 0.126 e. The first kappa shape index (κ1) is 7.97. The summed E-state index contributed by atoms with van der Waals surface area (Å²) in [5.41, 5.74) is 2.12. The normalized spacial score (nSPS) is 10.8. The second-order valence-electron chi connectivity index (χ2n) is 2.51. The lowest BCUT2D eigenvalue weighted by atomic mass is 10.3. The Bertz CT molecular complexity index is 408. The lowest BCUT2D eigenvalue weighted by Crippen LogP contribution is -1.95. The van der Waals surface area contributed by atoms with Crippen molar-refractivity contribution >= 4 is 33.6 Å². The van der Waals surface area contributed by atoms with E-state index in [4.69, 9.17) is 0 Å². The molecule has 1 heterocycles. The highest BCUT2D eigenvalue weighted by Gasteiger charge is 2.04. The maximum absolute atomic E-state index is 4.09. The van der Waals surface area contributed by atoms with Crippen molar-refractivity contribution in [3.8, 4) is 0 Å².